The molecule has 1 unspecified atom stereocenters. The Labute approximate surface area is 123 Å². The molecular formula is C12H14F3N3O2S. The maximum absolute atomic E-state index is 12.4. The molecule has 1 aliphatic heterocycles. The fourth-order valence-electron chi connectivity index (χ4n) is 2.19. The number of imide groups is 1. The van der Waals surface area contributed by atoms with Crippen LogP contribution in [0.15, 0.2) is 6.20 Å². The maximum Gasteiger partial charge on any atom is 0.406 e. The van der Waals surface area contributed by atoms with E-state index in [2.05, 4.69) is 4.98 Å². The van der Waals surface area contributed by atoms with E-state index in [0.29, 0.717) is 11.4 Å². The van der Waals surface area contributed by atoms with E-state index in [1.807, 2.05) is 6.92 Å². The fourth-order valence-corrected chi connectivity index (χ4v) is 3.05. The Balaban J connectivity index is 2.04. The van der Waals surface area contributed by atoms with Gasteiger partial charge in [-0.1, -0.05) is 0 Å². The van der Waals surface area contributed by atoms with Crippen molar-refractivity contribution in [3.63, 3.8) is 0 Å². The van der Waals surface area contributed by atoms with Crippen molar-refractivity contribution in [1.29, 1.82) is 0 Å². The zero-order valence-corrected chi connectivity index (χ0v) is 12.3. The lowest BCUT2D eigenvalue weighted by Gasteiger charge is -2.22. The molecule has 0 aromatic carbocycles. The Bertz CT molecular complexity index is 558. The van der Waals surface area contributed by atoms with Crippen LogP contribution in [0.25, 0.3) is 0 Å². The molecule has 1 atom stereocenters. The third-order valence-corrected chi connectivity index (χ3v) is 4.06. The zero-order chi connectivity index (χ0) is 15.8. The smallest absolute Gasteiger partial charge is 0.289 e. The highest BCUT2D eigenvalue weighted by atomic mass is 32.1. The maximum atomic E-state index is 12.4. The molecular weight excluding hydrogens is 307 g/mol. The summed E-state index contributed by atoms with van der Waals surface area (Å²) in [7, 11) is 1.61. The summed E-state index contributed by atoms with van der Waals surface area (Å²) in [5.41, 5.74) is 0. The lowest BCUT2D eigenvalue weighted by Crippen LogP contribution is -2.43. The number of carbonyl (C=O) groups excluding carboxylic acids is 2. The summed E-state index contributed by atoms with van der Waals surface area (Å²) in [6.45, 7) is 0.688. The van der Waals surface area contributed by atoms with Crippen LogP contribution in [0.4, 0.5) is 13.2 Å². The fraction of sp³-hybridized carbons (Fsp3) is 0.583. The van der Waals surface area contributed by atoms with Gasteiger partial charge in [0.25, 0.3) is 0 Å². The van der Waals surface area contributed by atoms with Crippen molar-refractivity contribution in [2.24, 2.45) is 0 Å². The molecule has 0 aliphatic carbocycles. The standard InChI is InChI=1S/C12H14F3N3O2S/c1-7-16-4-8(21-7)5-17(2)9-3-10(19)18(11(9)20)6-12(13,14)15/h4,9H,3,5-6H2,1-2H3. The average molecular weight is 321 g/mol. The zero-order valence-electron chi connectivity index (χ0n) is 11.5. The number of nitrogens with zero attached hydrogens (tertiary/aromatic N) is 3. The van der Waals surface area contributed by atoms with Gasteiger partial charge in [0.15, 0.2) is 0 Å². The first-order chi connectivity index (χ1) is 9.67. The Morgan fingerprint density at radius 3 is 2.67 bits per heavy atom. The number of halogens is 3. The minimum Gasteiger partial charge on any atom is -0.289 e. The van der Waals surface area contributed by atoms with Crippen LogP contribution in [-0.4, -0.2) is 52.4 Å². The van der Waals surface area contributed by atoms with E-state index in [1.165, 1.54) is 11.3 Å². The summed E-state index contributed by atoms with van der Waals surface area (Å²) in [5.74, 6) is -1.57. The summed E-state index contributed by atoms with van der Waals surface area (Å²) in [4.78, 5) is 30.4. The summed E-state index contributed by atoms with van der Waals surface area (Å²) in [6, 6.07) is -0.845. The van der Waals surface area contributed by atoms with Gasteiger partial charge in [0.1, 0.15) is 6.54 Å². The topological polar surface area (TPSA) is 53.5 Å². The molecule has 0 N–H and O–H groups in total. The number of likely N-dealkylation sites (N-methyl/N-ethyl adjacent to an activating group) is 1. The number of amides is 2. The van der Waals surface area contributed by atoms with Gasteiger partial charge in [0.2, 0.25) is 11.8 Å². The van der Waals surface area contributed by atoms with Gasteiger partial charge in [0.05, 0.1) is 17.5 Å². The van der Waals surface area contributed by atoms with Gasteiger partial charge in [-0.05, 0) is 14.0 Å². The van der Waals surface area contributed by atoms with E-state index in [0.717, 1.165) is 9.88 Å². The molecule has 21 heavy (non-hydrogen) atoms. The monoisotopic (exact) mass is 321 g/mol. The number of aromatic nitrogens is 1. The van der Waals surface area contributed by atoms with Gasteiger partial charge >= 0.3 is 6.18 Å². The number of likely N-dealkylation sites (tertiary alicyclic amines) is 1. The molecule has 2 heterocycles. The number of carbonyl (C=O) groups is 2. The molecule has 0 bridgehead atoms. The SMILES string of the molecule is Cc1ncc(CN(C)C2CC(=O)N(CC(F)(F)F)C2=O)s1. The van der Waals surface area contributed by atoms with Crippen molar-refractivity contribution in [3.8, 4) is 0 Å². The van der Waals surface area contributed by atoms with Gasteiger partial charge < -0.3 is 0 Å². The van der Waals surface area contributed by atoms with Crippen LogP contribution in [0.5, 0.6) is 0 Å². The van der Waals surface area contributed by atoms with Gasteiger partial charge in [-0.25, -0.2) is 4.98 Å². The van der Waals surface area contributed by atoms with Crippen molar-refractivity contribution in [3.05, 3.63) is 16.1 Å². The first kappa shape index (κ1) is 15.9. The van der Waals surface area contributed by atoms with Gasteiger partial charge in [-0.2, -0.15) is 13.2 Å². The number of hydrogen-bond acceptors (Lipinski definition) is 5. The minimum atomic E-state index is -4.58. The molecule has 9 heteroatoms. The van der Waals surface area contributed by atoms with E-state index in [9.17, 15) is 22.8 Å². The molecule has 0 saturated carbocycles. The molecule has 1 aromatic rings. The number of aryl methyl sites for hydroxylation is 1. The highest BCUT2D eigenvalue weighted by Crippen LogP contribution is 2.25. The van der Waals surface area contributed by atoms with Crippen LogP contribution >= 0.6 is 11.3 Å². The first-order valence-corrected chi connectivity index (χ1v) is 7.01. The summed E-state index contributed by atoms with van der Waals surface area (Å²) in [6.07, 6.45) is -3.14. The van der Waals surface area contributed by atoms with E-state index in [1.54, 1.807) is 18.1 Å². The van der Waals surface area contributed by atoms with E-state index in [-0.39, 0.29) is 6.42 Å². The van der Waals surface area contributed by atoms with E-state index >= 15 is 0 Å². The van der Waals surface area contributed by atoms with Gasteiger partial charge in [-0.3, -0.25) is 19.4 Å². The second-order valence-electron chi connectivity index (χ2n) is 4.91. The Morgan fingerprint density at radius 1 is 1.48 bits per heavy atom. The van der Waals surface area contributed by atoms with Crippen molar-refractivity contribution in [1.82, 2.24) is 14.8 Å². The van der Waals surface area contributed by atoms with Crippen LogP contribution in [0.1, 0.15) is 16.3 Å². The Kier molecular flexibility index (Phi) is 4.33. The lowest BCUT2D eigenvalue weighted by molar-refractivity contribution is -0.166. The molecule has 1 fully saturated rings. The Morgan fingerprint density at radius 2 is 2.14 bits per heavy atom. The number of alkyl halides is 3. The minimum absolute atomic E-state index is 0.219. The summed E-state index contributed by atoms with van der Waals surface area (Å²) >= 11 is 1.45. The van der Waals surface area contributed by atoms with E-state index < -0.39 is 30.6 Å². The third kappa shape index (κ3) is 3.79. The lowest BCUT2D eigenvalue weighted by atomic mass is 10.2. The molecule has 1 saturated heterocycles. The predicted molar refractivity (Wildman–Crippen MR) is 69.5 cm³/mol. The highest BCUT2D eigenvalue weighted by molar-refractivity contribution is 7.11. The second-order valence-corrected chi connectivity index (χ2v) is 6.23. The van der Waals surface area contributed by atoms with Gasteiger partial charge in [0, 0.05) is 17.6 Å². The molecule has 1 aromatic heterocycles. The molecule has 0 radical (unpaired) electrons. The molecule has 2 amide bonds. The van der Waals surface area contributed by atoms with Crippen LogP contribution in [0, 0.1) is 6.92 Å². The van der Waals surface area contributed by atoms with Crippen molar-refractivity contribution in [2.75, 3.05) is 13.6 Å². The quantitative estimate of drug-likeness (QED) is 0.790. The van der Waals surface area contributed by atoms with Gasteiger partial charge in [-0.15, -0.1) is 11.3 Å². The first-order valence-electron chi connectivity index (χ1n) is 6.20. The summed E-state index contributed by atoms with van der Waals surface area (Å²) < 4.78 is 37.1. The highest BCUT2D eigenvalue weighted by Gasteiger charge is 2.45. The number of rotatable bonds is 4. The summed E-state index contributed by atoms with van der Waals surface area (Å²) in [5, 5.41) is 0.867. The van der Waals surface area contributed by atoms with Crippen molar-refractivity contribution >= 4 is 23.2 Å². The van der Waals surface area contributed by atoms with Crippen LogP contribution in [0.3, 0.4) is 0 Å². The third-order valence-electron chi connectivity index (χ3n) is 3.16. The second kappa shape index (κ2) is 5.72. The van der Waals surface area contributed by atoms with Crippen molar-refractivity contribution in [2.45, 2.75) is 32.1 Å². The van der Waals surface area contributed by atoms with Crippen LogP contribution in [0.2, 0.25) is 0 Å². The molecule has 1 aliphatic rings. The molecule has 0 spiro atoms. The van der Waals surface area contributed by atoms with Crippen molar-refractivity contribution < 1.29 is 22.8 Å². The molecule has 5 nitrogen and oxygen atoms in total. The molecule has 2 rings (SSSR count). The largest absolute Gasteiger partial charge is 0.406 e. The molecule has 116 valence electrons. The van der Waals surface area contributed by atoms with E-state index in [4.69, 9.17) is 0 Å². The Hall–Kier alpha value is -1.48. The van der Waals surface area contributed by atoms with Crippen LogP contribution in [-0.2, 0) is 16.1 Å². The average Bonchev–Trinajstić information content (AvgIpc) is 2.86. The number of hydrogen-bond donors (Lipinski definition) is 0. The van der Waals surface area contributed by atoms with Crippen LogP contribution < -0.4 is 0 Å². The normalized spacial score (nSPS) is 19.9. The predicted octanol–water partition coefficient (Wildman–Crippen LogP) is 1.57. The number of thiazole rings is 1.